The van der Waals surface area contributed by atoms with E-state index in [1.54, 1.807) is 18.2 Å². The highest BCUT2D eigenvalue weighted by molar-refractivity contribution is 6.56. The molecule has 1 aliphatic rings. The number of nitrogen functional groups attached to an aromatic ring is 1. The van der Waals surface area contributed by atoms with Gasteiger partial charge in [-0.2, -0.15) is 0 Å². The number of benzene rings is 2. The van der Waals surface area contributed by atoms with Gasteiger partial charge in [-0.3, -0.25) is 4.79 Å². The summed E-state index contributed by atoms with van der Waals surface area (Å²) in [6, 6.07) is 12.4. The number of aliphatic imine (C=N–C) groups is 1. The molecule has 4 rings (SSSR count). The third kappa shape index (κ3) is 1.57. The molecule has 5 heteroatoms. The van der Waals surface area contributed by atoms with E-state index < -0.39 is 0 Å². The number of nitrogens with two attached hydrogens (primary N) is 1. The molecule has 0 saturated heterocycles. The van der Waals surface area contributed by atoms with E-state index in [1.165, 1.54) is 0 Å². The molecule has 0 radical (unpaired) electrons. The minimum atomic E-state index is -0.225. The third-order valence-corrected chi connectivity index (χ3v) is 3.64. The summed E-state index contributed by atoms with van der Waals surface area (Å²) in [6.07, 6.45) is 0. The van der Waals surface area contributed by atoms with Crippen molar-refractivity contribution in [3.8, 4) is 5.88 Å². The summed E-state index contributed by atoms with van der Waals surface area (Å²) in [5, 5.41) is 10.9. The Morgan fingerprint density at radius 2 is 1.95 bits per heavy atom. The van der Waals surface area contributed by atoms with Crippen LogP contribution in [0.5, 0.6) is 5.88 Å². The van der Waals surface area contributed by atoms with Gasteiger partial charge in [0.1, 0.15) is 5.71 Å². The number of aromatic amines is 1. The highest BCUT2D eigenvalue weighted by Gasteiger charge is 2.30. The van der Waals surface area contributed by atoms with Crippen LogP contribution in [-0.4, -0.2) is 21.6 Å². The Morgan fingerprint density at radius 3 is 2.81 bits per heavy atom. The summed E-state index contributed by atoms with van der Waals surface area (Å²) in [4.78, 5) is 19.8. The van der Waals surface area contributed by atoms with Crippen LogP contribution in [0.15, 0.2) is 47.5 Å². The zero-order chi connectivity index (χ0) is 14.6. The minimum Gasteiger partial charge on any atom is -0.494 e. The predicted molar refractivity (Wildman–Crippen MR) is 81.3 cm³/mol. The number of anilines is 1. The lowest BCUT2D eigenvalue weighted by molar-refractivity contribution is 0.107. The van der Waals surface area contributed by atoms with Crippen molar-refractivity contribution in [3.05, 3.63) is 53.6 Å². The number of aromatic hydroxyl groups is 1. The summed E-state index contributed by atoms with van der Waals surface area (Å²) < 4.78 is 0. The van der Waals surface area contributed by atoms with Crippen molar-refractivity contribution in [1.29, 1.82) is 0 Å². The average Bonchev–Trinajstić information content (AvgIpc) is 2.96. The van der Waals surface area contributed by atoms with Crippen LogP contribution in [-0.2, 0) is 0 Å². The number of nitrogens with one attached hydrogen (secondary N) is 1. The molecule has 3 aromatic rings. The van der Waals surface area contributed by atoms with Crippen molar-refractivity contribution in [2.45, 2.75) is 0 Å². The number of Topliss-reactive ketones (excluding diaryl/α,β-unsaturated/α-hetero) is 1. The molecule has 0 spiro atoms. The van der Waals surface area contributed by atoms with Crippen LogP contribution in [0.2, 0.25) is 0 Å². The van der Waals surface area contributed by atoms with Gasteiger partial charge in [0.05, 0.1) is 16.8 Å². The summed E-state index contributed by atoms with van der Waals surface area (Å²) >= 11 is 0. The molecule has 21 heavy (non-hydrogen) atoms. The third-order valence-electron chi connectivity index (χ3n) is 3.64. The van der Waals surface area contributed by atoms with Gasteiger partial charge in [-0.25, -0.2) is 4.99 Å². The van der Waals surface area contributed by atoms with Gasteiger partial charge in [0, 0.05) is 16.6 Å². The number of hydrogen-bond acceptors (Lipinski definition) is 4. The van der Waals surface area contributed by atoms with E-state index in [4.69, 9.17) is 5.73 Å². The van der Waals surface area contributed by atoms with E-state index in [9.17, 15) is 9.90 Å². The molecule has 1 aromatic heterocycles. The summed E-state index contributed by atoms with van der Waals surface area (Å²) in [5.41, 5.74) is 8.72. The average molecular weight is 277 g/mol. The summed E-state index contributed by atoms with van der Waals surface area (Å²) in [6.45, 7) is 0. The van der Waals surface area contributed by atoms with Crippen molar-refractivity contribution < 1.29 is 9.90 Å². The van der Waals surface area contributed by atoms with Gasteiger partial charge >= 0.3 is 0 Å². The van der Waals surface area contributed by atoms with Crippen LogP contribution in [0.25, 0.3) is 10.9 Å². The Morgan fingerprint density at radius 1 is 1.14 bits per heavy atom. The van der Waals surface area contributed by atoms with Gasteiger partial charge in [-0.05, 0) is 24.3 Å². The molecule has 0 atom stereocenters. The molecular formula is C16H11N3O2. The van der Waals surface area contributed by atoms with Crippen LogP contribution in [0, 0.1) is 0 Å². The number of rotatable bonds is 1. The molecule has 0 bridgehead atoms. The van der Waals surface area contributed by atoms with E-state index >= 15 is 0 Å². The van der Waals surface area contributed by atoms with E-state index in [-0.39, 0.29) is 17.4 Å². The fourth-order valence-electron chi connectivity index (χ4n) is 2.67. The van der Waals surface area contributed by atoms with Crippen LogP contribution < -0.4 is 5.73 Å². The molecule has 0 saturated carbocycles. The Kier molecular flexibility index (Phi) is 2.21. The number of para-hydroxylation sites is 1. The highest BCUT2D eigenvalue weighted by Crippen LogP contribution is 2.35. The highest BCUT2D eigenvalue weighted by atomic mass is 16.3. The first kappa shape index (κ1) is 11.7. The van der Waals surface area contributed by atoms with Crippen LogP contribution in [0.1, 0.15) is 15.9 Å². The lowest BCUT2D eigenvalue weighted by Crippen LogP contribution is -2.11. The number of H-pyrrole nitrogens is 1. The first-order chi connectivity index (χ1) is 10.1. The van der Waals surface area contributed by atoms with E-state index in [0.717, 1.165) is 10.9 Å². The Hall–Kier alpha value is -3.08. The number of ketones is 1. The number of carbonyl (C=O) groups excluding carboxylic acids is 1. The first-order valence-corrected chi connectivity index (χ1v) is 6.48. The van der Waals surface area contributed by atoms with Crippen LogP contribution >= 0.6 is 0 Å². The standard InChI is InChI=1S/C16H11N3O2/c17-8-5-6-12-10(7-8)15(20)14(18-12)13-9-3-1-2-4-11(9)19-16(13)21/h1-7,19,21H,17H2. The maximum absolute atomic E-state index is 12.5. The van der Waals surface area contributed by atoms with Crippen LogP contribution in [0.3, 0.4) is 0 Å². The van der Waals surface area contributed by atoms with Crippen molar-refractivity contribution in [3.63, 3.8) is 0 Å². The minimum absolute atomic E-state index is 0.0518. The first-order valence-electron chi connectivity index (χ1n) is 6.48. The maximum atomic E-state index is 12.5. The quantitative estimate of drug-likeness (QED) is 0.597. The van der Waals surface area contributed by atoms with Gasteiger partial charge in [0.15, 0.2) is 5.88 Å². The fraction of sp³-hybridized carbons (Fsp3) is 0. The summed E-state index contributed by atoms with van der Waals surface area (Å²) in [5.74, 6) is -0.276. The normalized spacial score (nSPS) is 13.5. The molecule has 4 N–H and O–H groups in total. The monoisotopic (exact) mass is 277 g/mol. The topological polar surface area (TPSA) is 91.5 Å². The molecule has 102 valence electrons. The number of hydrogen-bond donors (Lipinski definition) is 3. The number of aromatic nitrogens is 1. The Labute approximate surface area is 119 Å². The predicted octanol–water partition coefficient (Wildman–Crippen LogP) is 2.77. The summed E-state index contributed by atoms with van der Waals surface area (Å²) in [7, 11) is 0. The molecule has 0 amide bonds. The molecule has 0 aliphatic carbocycles. The van der Waals surface area contributed by atoms with E-state index in [2.05, 4.69) is 9.98 Å². The number of nitrogens with zero attached hydrogens (tertiary/aromatic N) is 1. The van der Waals surface area contributed by atoms with Gasteiger partial charge in [-0.15, -0.1) is 0 Å². The molecule has 0 fully saturated rings. The molecule has 2 aromatic carbocycles. The van der Waals surface area contributed by atoms with E-state index in [1.807, 2.05) is 24.3 Å². The second-order valence-corrected chi connectivity index (χ2v) is 4.96. The van der Waals surface area contributed by atoms with Gasteiger partial charge in [0.25, 0.3) is 0 Å². The second-order valence-electron chi connectivity index (χ2n) is 4.96. The Balaban J connectivity index is 1.96. The van der Waals surface area contributed by atoms with Gasteiger partial charge in [0.2, 0.25) is 5.78 Å². The zero-order valence-corrected chi connectivity index (χ0v) is 10.9. The Bertz CT molecular complexity index is 938. The van der Waals surface area contributed by atoms with E-state index in [0.29, 0.717) is 22.5 Å². The van der Waals surface area contributed by atoms with Crippen molar-refractivity contribution >= 4 is 33.8 Å². The molecule has 0 unspecified atom stereocenters. The van der Waals surface area contributed by atoms with Crippen molar-refractivity contribution in [2.24, 2.45) is 4.99 Å². The number of carbonyl (C=O) groups is 1. The van der Waals surface area contributed by atoms with Crippen molar-refractivity contribution in [2.75, 3.05) is 5.73 Å². The molecular weight excluding hydrogens is 266 g/mol. The smallest absolute Gasteiger partial charge is 0.214 e. The SMILES string of the molecule is Nc1ccc2c(c1)C(=O)C(c1c(O)[nH]c3ccccc13)=N2. The lowest BCUT2D eigenvalue weighted by Gasteiger charge is -1.99. The van der Waals surface area contributed by atoms with Crippen molar-refractivity contribution in [1.82, 2.24) is 4.98 Å². The fourth-order valence-corrected chi connectivity index (χ4v) is 2.67. The molecule has 2 heterocycles. The molecule has 1 aliphatic heterocycles. The largest absolute Gasteiger partial charge is 0.494 e. The van der Waals surface area contributed by atoms with Gasteiger partial charge < -0.3 is 15.8 Å². The number of fused-ring (bicyclic) bond motifs is 2. The lowest BCUT2D eigenvalue weighted by atomic mass is 10.0. The zero-order valence-electron chi connectivity index (χ0n) is 10.9. The van der Waals surface area contributed by atoms with Gasteiger partial charge in [-0.1, -0.05) is 18.2 Å². The maximum Gasteiger partial charge on any atom is 0.214 e. The molecule has 5 nitrogen and oxygen atoms in total. The second kappa shape index (κ2) is 3.96. The van der Waals surface area contributed by atoms with Crippen LogP contribution in [0.4, 0.5) is 11.4 Å².